The molecule has 0 fully saturated rings. The number of hydrogen-bond donors (Lipinski definition) is 4. The van der Waals surface area contributed by atoms with Crippen LogP contribution in [0.1, 0.15) is 65.3 Å². The maximum atomic E-state index is 14.3. The minimum absolute atomic E-state index is 0.00928. The highest BCUT2D eigenvalue weighted by Crippen LogP contribution is 2.39. The number of nitrogen functional groups attached to an aromatic ring is 1. The Labute approximate surface area is 245 Å². The summed E-state index contributed by atoms with van der Waals surface area (Å²) in [4.78, 5) is 25.7. The molecule has 2 atom stereocenters. The van der Waals surface area contributed by atoms with Crippen LogP contribution in [0.3, 0.4) is 0 Å². The third kappa shape index (κ3) is 8.26. The van der Waals surface area contributed by atoms with Crippen molar-refractivity contribution >= 4 is 35.8 Å². The highest BCUT2D eigenvalue weighted by Gasteiger charge is 2.43. The Hall–Kier alpha value is -4.03. The van der Waals surface area contributed by atoms with Crippen LogP contribution in [0, 0.1) is 11.2 Å². The number of rotatable bonds is 6. The number of carbonyl (C=O) groups excluding carboxylic acids is 2. The Balaban J connectivity index is 0.00000116. The van der Waals surface area contributed by atoms with Gasteiger partial charge in [-0.25, -0.2) is 4.39 Å². The predicted molar refractivity (Wildman–Crippen MR) is 154 cm³/mol. The fraction of sp³-hybridized carbons (Fsp3) is 0.310. The molecule has 6 N–H and O–H groups in total. The lowest BCUT2D eigenvalue weighted by Gasteiger charge is -2.28. The second-order valence-corrected chi connectivity index (χ2v) is 9.34. The normalized spacial score (nSPS) is 14.6. The van der Waals surface area contributed by atoms with Gasteiger partial charge in [-0.15, -0.1) is 0 Å². The number of pyridine rings is 1. The van der Waals surface area contributed by atoms with Gasteiger partial charge in [-0.1, -0.05) is 32.4 Å². The Bertz CT molecular complexity index is 1400. The average Bonchev–Trinajstić information content (AvgIpc) is 2.95. The first-order valence-electron chi connectivity index (χ1n) is 12.9. The number of aromatic nitrogens is 1. The lowest BCUT2D eigenvalue weighted by Crippen LogP contribution is -2.36. The van der Waals surface area contributed by atoms with E-state index in [-0.39, 0.29) is 52.2 Å². The number of ether oxygens (including phenoxy) is 1. The van der Waals surface area contributed by atoms with Gasteiger partial charge in [0.1, 0.15) is 11.7 Å². The summed E-state index contributed by atoms with van der Waals surface area (Å²) in [6.45, 7) is 5.55. The van der Waals surface area contributed by atoms with Gasteiger partial charge in [-0.2, -0.15) is 13.2 Å². The Kier molecular flexibility index (Phi) is 12.4. The molecule has 2 aromatic carbocycles. The third-order valence-corrected chi connectivity index (χ3v) is 6.55. The van der Waals surface area contributed by atoms with E-state index in [2.05, 4.69) is 16.0 Å². The number of fused-ring (bicyclic) bond motifs is 1. The quantitative estimate of drug-likeness (QED) is 0.118. The second kappa shape index (κ2) is 15.3. The first kappa shape index (κ1) is 34.2. The zero-order chi connectivity index (χ0) is 31.6. The number of alkyl halides is 3. The molecule has 1 aliphatic rings. The van der Waals surface area contributed by atoms with Gasteiger partial charge in [-0.05, 0) is 48.0 Å². The van der Waals surface area contributed by atoms with Crippen molar-refractivity contribution in [3.05, 3.63) is 81.3 Å². The van der Waals surface area contributed by atoms with Gasteiger partial charge in [0.15, 0.2) is 0 Å². The molecule has 226 valence electrons. The van der Waals surface area contributed by atoms with Gasteiger partial charge in [0.05, 0.1) is 35.3 Å². The summed E-state index contributed by atoms with van der Waals surface area (Å²) in [7, 11) is 0. The van der Waals surface area contributed by atoms with Crippen molar-refractivity contribution in [2.75, 3.05) is 18.9 Å². The van der Waals surface area contributed by atoms with Crippen molar-refractivity contribution in [1.29, 1.82) is 5.41 Å². The van der Waals surface area contributed by atoms with Crippen LogP contribution in [-0.4, -0.2) is 42.8 Å². The smallest absolute Gasteiger partial charge is 0.397 e. The number of benzene rings is 2. The SMILES string of the molecule is CC.CC1COCc2c1cc(C(CNC(=O)c1cc(Cl)c(N)c(C=N)c1)C(F)(F)F)nc2-c1ccc(F)cc1.NC=O. The molecule has 42 heavy (non-hydrogen) atoms. The first-order chi connectivity index (χ1) is 19.9. The molecule has 0 bridgehead atoms. The summed E-state index contributed by atoms with van der Waals surface area (Å²) in [6, 6.07) is 9.25. The van der Waals surface area contributed by atoms with Crippen LogP contribution >= 0.6 is 11.6 Å². The number of nitrogens with one attached hydrogen (secondary N) is 2. The molecule has 2 amide bonds. The summed E-state index contributed by atoms with van der Waals surface area (Å²) in [6.07, 6.45) is -3.59. The van der Waals surface area contributed by atoms with Crippen LogP contribution in [0.4, 0.5) is 23.2 Å². The molecule has 0 aliphatic carbocycles. The first-order valence-corrected chi connectivity index (χ1v) is 13.3. The number of primary amides is 1. The standard InChI is InChI=1S/C26H23ClF4N4O2.C2H6.CH3NO/c1-13-11-37-12-19-18(13)8-22(35-24(19)14-2-4-17(28)5-3-14)20(26(29,30)31)10-34-25(36)15-6-16(9-32)23(33)21(27)7-15;1-2;2-1-3/h2-9,13,20,32H,10-12,33H2,1H3,(H,34,36);1-2H3;1H,(H2,2,3). The van der Waals surface area contributed by atoms with Gasteiger partial charge in [0.25, 0.3) is 5.91 Å². The predicted octanol–water partition coefficient (Wildman–Crippen LogP) is 5.96. The Morgan fingerprint density at radius 1 is 1.24 bits per heavy atom. The molecule has 4 rings (SSSR count). The average molecular weight is 610 g/mol. The van der Waals surface area contributed by atoms with Crippen LogP contribution in [-0.2, 0) is 16.1 Å². The van der Waals surface area contributed by atoms with E-state index in [9.17, 15) is 22.4 Å². The summed E-state index contributed by atoms with van der Waals surface area (Å²) >= 11 is 6.01. The Morgan fingerprint density at radius 2 is 1.86 bits per heavy atom. The topological polar surface area (TPSA) is 144 Å². The molecule has 0 radical (unpaired) electrons. The van der Waals surface area contributed by atoms with Gasteiger partial charge >= 0.3 is 6.18 Å². The molecule has 2 heterocycles. The molecule has 1 aliphatic heterocycles. The second-order valence-electron chi connectivity index (χ2n) is 8.93. The van der Waals surface area contributed by atoms with E-state index in [4.69, 9.17) is 32.3 Å². The van der Waals surface area contributed by atoms with E-state index in [0.717, 1.165) is 6.21 Å². The molecule has 3 aromatic rings. The van der Waals surface area contributed by atoms with Crippen molar-refractivity contribution in [2.24, 2.45) is 5.73 Å². The summed E-state index contributed by atoms with van der Waals surface area (Å²) in [5.41, 5.74) is 11.9. The van der Waals surface area contributed by atoms with Crippen LogP contribution in [0.15, 0.2) is 42.5 Å². The number of halogens is 5. The van der Waals surface area contributed by atoms with Crippen LogP contribution < -0.4 is 16.8 Å². The van der Waals surface area contributed by atoms with E-state index in [1.54, 1.807) is 0 Å². The number of nitrogens with zero attached hydrogens (tertiary/aromatic N) is 1. The zero-order valence-electron chi connectivity index (χ0n) is 23.2. The van der Waals surface area contributed by atoms with Crippen molar-refractivity contribution in [3.63, 3.8) is 0 Å². The van der Waals surface area contributed by atoms with Crippen molar-refractivity contribution in [1.82, 2.24) is 10.3 Å². The maximum absolute atomic E-state index is 14.3. The fourth-order valence-corrected chi connectivity index (χ4v) is 4.46. The van der Waals surface area contributed by atoms with Crippen LogP contribution in [0.2, 0.25) is 5.02 Å². The van der Waals surface area contributed by atoms with Crippen LogP contribution in [0.5, 0.6) is 0 Å². The van der Waals surface area contributed by atoms with E-state index in [1.165, 1.54) is 42.5 Å². The largest absolute Gasteiger partial charge is 0.398 e. The molecule has 2 unspecified atom stereocenters. The van der Waals surface area contributed by atoms with Crippen LogP contribution in [0.25, 0.3) is 11.3 Å². The molecule has 8 nitrogen and oxygen atoms in total. The van der Waals surface area contributed by atoms with E-state index >= 15 is 0 Å². The molecule has 0 saturated heterocycles. The number of hydrogen-bond acceptors (Lipinski definition) is 6. The molecule has 0 saturated carbocycles. The highest BCUT2D eigenvalue weighted by molar-refractivity contribution is 6.34. The highest BCUT2D eigenvalue weighted by atomic mass is 35.5. The number of nitrogens with two attached hydrogens (primary N) is 2. The molecule has 1 aromatic heterocycles. The number of carbonyl (C=O) groups is 2. The van der Waals surface area contributed by atoms with E-state index in [0.29, 0.717) is 23.3 Å². The van der Waals surface area contributed by atoms with E-state index < -0.39 is 30.4 Å². The van der Waals surface area contributed by atoms with Crippen molar-refractivity contribution in [2.45, 2.75) is 45.4 Å². The Morgan fingerprint density at radius 3 is 2.43 bits per heavy atom. The minimum Gasteiger partial charge on any atom is -0.397 e. The summed E-state index contributed by atoms with van der Waals surface area (Å²) < 4.78 is 61.9. The number of amides is 2. The summed E-state index contributed by atoms with van der Waals surface area (Å²) in [5, 5.41) is 9.72. The fourth-order valence-electron chi connectivity index (χ4n) is 4.23. The molecular formula is C29H32ClF4N5O3. The zero-order valence-corrected chi connectivity index (χ0v) is 23.9. The maximum Gasteiger partial charge on any atom is 0.398 e. The van der Waals surface area contributed by atoms with Gasteiger partial charge in [0, 0.05) is 40.9 Å². The lowest BCUT2D eigenvalue weighted by atomic mass is 9.89. The summed E-state index contributed by atoms with van der Waals surface area (Å²) in [5.74, 6) is -3.60. The third-order valence-electron chi connectivity index (χ3n) is 6.24. The minimum atomic E-state index is -4.73. The van der Waals surface area contributed by atoms with Crippen molar-refractivity contribution < 1.29 is 31.9 Å². The van der Waals surface area contributed by atoms with Crippen molar-refractivity contribution in [3.8, 4) is 11.3 Å². The van der Waals surface area contributed by atoms with Gasteiger partial charge in [-0.3, -0.25) is 14.6 Å². The molecular weight excluding hydrogens is 578 g/mol. The lowest BCUT2D eigenvalue weighted by molar-refractivity contribution is -0.149. The van der Waals surface area contributed by atoms with Gasteiger partial charge in [0.2, 0.25) is 6.41 Å². The van der Waals surface area contributed by atoms with E-state index in [1.807, 2.05) is 20.8 Å². The monoisotopic (exact) mass is 609 g/mol. The number of anilines is 1. The molecule has 13 heteroatoms. The molecule has 0 spiro atoms. The van der Waals surface area contributed by atoms with Gasteiger partial charge < -0.3 is 26.9 Å².